The lowest BCUT2D eigenvalue weighted by Gasteiger charge is -2.08. The molecule has 1 heterocycles. The normalized spacial score (nSPS) is 10.8. The number of hydrogen-bond donors (Lipinski definition) is 4. The van der Waals surface area contributed by atoms with Gasteiger partial charge in [-0.1, -0.05) is 31.5 Å². The second kappa shape index (κ2) is 8.48. The topological polar surface area (TPSA) is 129 Å². The molecule has 0 radical (unpaired) electrons. The van der Waals surface area contributed by atoms with Gasteiger partial charge in [-0.05, 0) is 18.6 Å². The number of amides is 2. The highest BCUT2D eigenvalue weighted by Crippen LogP contribution is 2.09. The average Bonchev–Trinajstić information content (AvgIpc) is 2.58. The molecule has 0 saturated carbocycles. The smallest absolute Gasteiger partial charge is 0.339 e. The maximum Gasteiger partial charge on any atom is 0.339 e. The predicted octanol–water partition coefficient (Wildman–Crippen LogP) is 1.20. The van der Waals surface area contributed by atoms with Crippen molar-refractivity contribution in [2.75, 3.05) is 5.32 Å². The Bertz CT molecular complexity index is 870. The molecule has 0 unspecified atom stereocenters. The fourth-order valence-corrected chi connectivity index (χ4v) is 2.05. The van der Waals surface area contributed by atoms with Crippen LogP contribution in [0.5, 0.6) is 5.88 Å². The number of benzene rings is 1. The summed E-state index contributed by atoms with van der Waals surface area (Å²) in [5, 5.41) is 16.3. The summed E-state index contributed by atoms with van der Waals surface area (Å²) in [6.45, 7) is 2.20. The molecule has 2 aromatic rings. The first-order valence-corrected chi connectivity index (χ1v) is 7.74. The molecule has 1 aromatic heterocycles. The number of rotatable bonds is 6. The summed E-state index contributed by atoms with van der Waals surface area (Å²) in [7, 11) is 0. The number of hydrazone groups is 1. The minimum Gasteiger partial charge on any atom is -0.494 e. The average molecular weight is 345 g/mol. The molecule has 0 bridgehead atoms. The van der Waals surface area contributed by atoms with Gasteiger partial charge >= 0.3 is 11.7 Å². The zero-order valence-corrected chi connectivity index (χ0v) is 13.7. The van der Waals surface area contributed by atoms with E-state index in [1.54, 1.807) is 24.3 Å². The van der Waals surface area contributed by atoms with Crippen molar-refractivity contribution < 1.29 is 9.90 Å². The Balaban J connectivity index is 2.11. The predicted molar refractivity (Wildman–Crippen MR) is 94.1 cm³/mol. The molecule has 2 amide bonds. The Kier molecular flexibility index (Phi) is 6.10. The summed E-state index contributed by atoms with van der Waals surface area (Å²) in [5.74, 6) is -0.490. The zero-order valence-electron chi connectivity index (χ0n) is 13.7. The number of nitrogens with one attached hydrogen (secondary N) is 3. The van der Waals surface area contributed by atoms with Crippen LogP contribution in [0.15, 0.2) is 45.0 Å². The van der Waals surface area contributed by atoms with E-state index >= 15 is 0 Å². The molecule has 25 heavy (non-hydrogen) atoms. The largest absolute Gasteiger partial charge is 0.494 e. The molecule has 0 atom stereocenters. The van der Waals surface area contributed by atoms with E-state index in [-0.39, 0.29) is 12.1 Å². The van der Waals surface area contributed by atoms with Crippen molar-refractivity contribution in [3.63, 3.8) is 0 Å². The van der Waals surface area contributed by atoms with Crippen LogP contribution in [0.2, 0.25) is 0 Å². The number of unbranched alkanes of at least 4 members (excludes halogenated alkanes) is 1. The van der Waals surface area contributed by atoms with E-state index in [9.17, 15) is 19.5 Å². The van der Waals surface area contributed by atoms with Gasteiger partial charge in [-0.2, -0.15) is 5.10 Å². The molecule has 0 aliphatic rings. The molecule has 0 aliphatic carbocycles. The third-order valence-corrected chi connectivity index (χ3v) is 3.33. The second-order valence-electron chi connectivity index (χ2n) is 5.19. The Morgan fingerprint density at radius 1 is 1.32 bits per heavy atom. The van der Waals surface area contributed by atoms with Crippen LogP contribution in [0.4, 0.5) is 10.5 Å². The molecule has 9 heteroatoms. The van der Waals surface area contributed by atoms with E-state index in [4.69, 9.17) is 0 Å². The van der Waals surface area contributed by atoms with Gasteiger partial charge in [-0.3, -0.25) is 14.3 Å². The Hall–Kier alpha value is -3.36. The number of carbonyl (C=O) groups is 1. The molecular formula is C16H19N5O4. The monoisotopic (exact) mass is 345 g/mol. The maximum absolute atomic E-state index is 11.8. The van der Waals surface area contributed by atoms with Gasteiger partial charge in [0.25, 0.3) is 5.56 Å². The number of aromatic nitrogens is 2. The number of nitrogens with zero attached hydrogens (tertiary/aromatic N) is 2. The fourth-order valence-electron chi connectivity index (χ4n) is 2.05. The second-order valence-corrected chi connectivity index (χ2v) is 5.19. The molecule has 9 nitrogen and oxygen atoms in total. The van der Waals surface area contributed by atoms with Gasteiger partial charge in [0, 0.05) is 12.2 Å². The van der Waals surface area contributed by atoms with Crippen molar-refractivity contribution in [1.29, 1.82) is 0 Å². The number of H-pyrrole nitrogens is 1. The van der Waals surface area contributed by atoms with Gasteiger partial charge in [-0.15, -0.1) is 0 Å². The summed E-state index contributed by atoms with van der Waals surface area (Å²) < 4.78 is 1.05. The van der Waals surface area contributed by atoms with E-state index in [0.29, 0.717) is 12.1 Å². The summed E-state index contributed by atoms with van der Waals surface area (Å²) in [6, 6.07) is 8.11. The van der Waals surface area contributed by atoms with Crippen molar-refractivity contribution in [2.45, 2.75) is 26.3 Å². The maximum atomic E-state index is 11.8. The van der Waals surface area contributed by atoms with Crippen LogP contribution in [0.3, 0.4) is 0 Å². The van der Waals surface area contributed by atoms with Gasteiger partial charge in [0.2, 0.25) is 5.88 Å². The summed E-state index contributed by atoms with van der Waals surface area (Å²) in [5.41, 5.74) is 1.06. The SMILES string of the molecule is CCCCn1c(O)c(/C=N/NC(=O)Nc2ccccc2)c(=O)[nH]c1=O. The van der Waals surface area contributed by atoms with Crippen LogP contribution in [-0.2, 0) is 6.54 Å². The lowest BCUT2D eigenvalue weighted by molar-refractivity contribution is 0.252. The van der Waals surface area contributed by atoms with Crippen molar-refractivity contribution in [3.8, 4) is 5.88 Å². The van der Waals surface area contributed by atoms with E-state index in [1.807, 2.05) is 13.0 Å². The number of hydrogen-bond acceptors (Lipinski definition) is 5. The molecule has 132 valence electrons. The summed E-state index contributed by atoms with van der Waals surface area (Å²) in [6.07, 6.45) is 2.46. The van der Waals surface area contributed by atoms with E-state index < -0.39 is 23.2 Å². The minimum atomic E-state index is -0.788. The van der Waals surface area contributed by atoms with Crippen LogP contribution in [0, 0.1) is 0 Å². The van der Waals surface area contributed by atoms with Crippen LogP contribution in [0.25, 0.3) is 0 Å². The quantitative estimate of drug-likeness (QED) is 0.463. The molecule has 0 saturated heterocycles. The van der Waals surface area contributed by atoms with Crippen molar-refractivity contribution in [1.82, 2.24) is 15.0 Å². The fraction of sp³-hybridized carbons (Fsp3) is 0.250. The van der Waals surface area contributed by atoms with Crippen LogP contribution in [0.1, 0.15) is 25.3 Å². The number of aromatic amines is 1. The highest BCUT2D eigenvalue weighted by Gasteiger charge is 2.12. The van der Waals surface area contributed by atoms with Gasteiger partial charge in [0.05, 0.1) is 6.21 Å². The number of carbonyl (C=O) groups excluding carboxylic acids is 1. The molecule has 4 N–H and O–H groups in total. The van der Waals surface area contributed by atoms with Gasteiger partial charge in [-0.25, -0.2) is 15.0 Å². The van der Waals surface area contributed by atoms with Crippen molar-refractivity contribution >= 4 is 17.9 Å². The van der Waals surface area contributed by atoms with Gasteiger partial charge in [0.15, 0.2) is 0 Å². The minimum absolute atomic E-state index is 0.212. The van der Waals surface area contributed by atoms with Crippen LogP contribution in [-0.4, -0.2) is 26.9 Å². The molecule has 0 spiro atoms. The van der Waals surface area contributed by atoms with E-state index in [1.165, 1.54) is 0 Å². The third-order valence-electron chi connectivity index (χ3n) is 3.33. The molecule has 1 aromatic carbocycles. The van der Waals surface area contributed by atoms with Gasteiger partial charge in [0.1, 0.15) is 5.56 Å². The number of para-hydroxylation sites is 1. The number of urea groups is 1. The highest BCUT2D eigenvalue weighted by molar-refractivity contribution is 5.90. The zero-order chi connectivity index (χ0) is 18.2. The molecule has 0 aliphatic heterocycles. The molecular weight excluding hydrogens is 326 g/mol. The Labute approximate surface area is 143 Å². The standard InChI is InChI=1S/C16H19N5O4/c1-2-3-9-21-14(23)12(13(22)19-16(21)25)10-17-20-15(24)18-11-7-5-4-6-8-11/h4-8,10,23H,2-3,9H2,1H3,(H2,18,20,24)(H,19,22,25)/b17-10+. The molecule has 2 rings (SSSR count). The first-order valence-electron chi connectivity index (χ1n) is 7.74. The number of anilines is 1. The van der Waals surface area contributed by atoms with Crippen LogP contribution >= 0.6 is 0 Å². The third kappa shape index (κ3) is 4.80. The first-order chi connectivity index (χ1) is 12.0. The summed E-state index contributed by atoms with van der Waals surface area (Å²) in [4.78, 5) is 37.3. The lowest BCUT2D eigenvalue weighted by atomic mass is 10.3. The first kappa shape index (κ1) is 18.0. The molecule has 0 fully saturated rings. The van der Waals surface area contributed by atoms with E-state index in [0.717, 1.165) is 17.2 Å². The van der Waals surface area contributed by atoms with E-state index in [2.05, 4.69) is 20.8 Å². The van der Waals surface area contributed by atoms with Crippen molar-refractivity contribution in [2.24, 2.45) is 5.10 Å². The Morgan fingerprint density at radius 3 is 2.72 bits per heavy atom. The van der Waals surface area contributed by atoms with Gasteiger partial charge < -0.3 is 10.4 Å². The summed E-state index contributed by atoms with van der Waals surface area (Å²) >= 11 is 0. The van der Waals surface area contributed by atoms with Crippen molar-refractivity contribution in [3.05, 3.63) is 56.7 Å². The highest BCUT2D eigenvalue weighted by atomic mass is 16.3. The van der Waals surface area contributed by atoms with Crippen LogP contribution < -0.4 is 22.0 Å². The number of aromatic hydroxyl groups is 1. The Morgan fingerprint density at radius 2 is 2.04 bits per heavy atom. The lowest BCUT2D eigenvalue weighted by Crippen LogP contribution is -2.32.